The molecule has 3 rings (SSSR count). The lowest BCUT2D eigenvalue weighted by molar-refractivity contribution is 0.240. The SMILES string of the molecule is COc1ccc(CN(C)Cn2nc(-c3cccc(Cl)c3)oc2=S)cc1OC. The Morgan fingerprint density at radius 2 is 1.93 bits per heavy atom. The Bertz CT molecular complexity index is 986. The van der Waals surface area contributed by atoms with Gasteiger partial charge in [-0.1, -0.05) is 23.7 Å². The van der Waals surface area contributed by atoms with E-state index in [9.17, 15) is 0 Å². The molecule has 0 aliphatic rings. The number of hydrogen-bond donors (Lipinski definition) is 0. The highest BCUT2D eigenvalue weighted by molar-refractivity contribution is 7.71. The molecule has 8 heteroatoms. The highest BCUT2D eigenvalue weighted by Gasteiger charge is 2.12. The van der Waals surface area contributed by atoms with Crippen molar-refractivity contribution in [3.8, 4) is 23.0 Å². The van der Waals surface area contributed by atoms with Gasteiger partial charge in [0.15, 0.2) is 11.5 Å². The fourth-order valence-electron chi connectivity index (χ4n) is 2.70. The lowest BCUT2D eigenvalue weighted by Gasteiger charge is -2.17. The molecule has 27 heavy (non-hydrogen) atoms. The number of hydrogen-bond acceptors (Lipinski definition) is 6. The van der Waals surface area contributed by atoms with Crippen LogP contribution in [0, 0.1) is 4.84 Å². The summed E-state index contributed by atoms with van der Waals surface area (Å²) in [5.41, 5.74) is 1.87. The van der Waals surface area contributed by atoms with E-state index in [0.717, 1.165) is 11.1 Å². The molecular formula is C19H20ClN3O3S. The molecule has 0 aliphatic carbocycles. The Hall–Kier alpha value is -2.35. The molecule has 0 unspecified atom stereocenters. The lowest BCUT2D eigenvalue weighted by atomic mass is 10.2. The maximum absolute atomic E-state index is 6.03. The molecule has 1 heterocycles. The van der Waals surface area contributed by atoms with Gasteiger partial charge in [-0.05, 0) is 55.2 Å². The van der Waals surface area contributed by atoms with Crippen LogP contribution >= 0.6 is 23.8 Å². The van der Waals surface area contributed by atoms with Crippen LogP contribution in [0.2, 0.25) is 5.02 Å². The van der Waals surface area contributed by atoms with Crippen LogP contribution in [0.3, 0.4) is 0 Å². The summed E-state index contributed by atoms with van der Waals surface area (Å²) in [7, 11) is 5.22. The summed E-state index contributed by atoms with van der Waals surface area (Å²) in [5.74, 6) is 1.85. The molecule has 0 amide bonds. The van der Waals surface area contributed by atoms with Crippen LogP contribution in [0.1, 0.15) is 5.56 Å². The first kappa shape index (κ1) is 19.4. The molecule has 0 fully saturated rings. The molecule has 0 atom stereocenters. The molecule has 0 bridgehead atoms. The fourth-order valence-corrected chi connectivity index (χ4v) is 3.07. The van der Waals surface area contributed by atoms with Gasteiger partial charge in [0.1, 0.15) is 0 Å². The third-order valence-electron chi connectivity index (χ3n) is 3.95. The maximum Gasteiger partial charge on any atom is 0.288 e. The van der Waals surface area contributed by atoms with Crippen molar-refractivity contribution in [3.05, 3.63) is 57.9 Å². The quantitative estimate of drug-likeness (QED) is 0.534. The topological polar surface area (TPSA) is 52.7 Å². The summed E-state index contributed by atoms with van der Waals surface area (Å²) < 4.78 is 17.9. The van der Waals surface area contributed by atoms with E-state index in [-0.39, 0.29) is 0 Å². The number of rotatable bonds is 7. The number of methoxy groups -OCH3 is 2. The summed E-state index contributed by atoms with van der Waals surface area (Å²) in [5, 5.41) is 5.08. The highest BCUT2D eigenvalue weighted by Crippen LogP contribution is 2.28. The van der Waals surface area contributed by atoms with Gasteiger partial charge < -0.3 is 13.9 Å². The van der Waals surface area contributed by atoms with E-state index < -0.39 is 0 Å². The smallest absolute Gasteiger partial charge is 0.288 e. The predicted octanol–water partition coefficient (Wildman–Crippen LogP) is 4.63. The van der Waals surface area contributed by atoms with E-state index in [2.05, 4.69) is 10.00 Å². The molecular weight excluding hydrogens is 386 g/mol. The average Bonchev–Trinajstić information content (AvgIpc) is 3.02. The first-order chi connectivity index (χ1) is 13.0. The van der Waals surface area contributed by atoms with E-state index in [1.165, 1.54) is 0 Å². The highest BCUT2D eigenvalue weighted by atomic mass is 35.5. The second kappa shape index (κ2) is 8.56. The molecule has 1 aromatic heterocycles. The van der Waals surface area contributed by atoms with Crippen LogP contribution in [-0.2, 0) is 13.2 Å². The van der Waals surface area contributed by atoms with E-state index >= 15 is 0 Å². The second-order valence-corrected chi connectivity index (χ2v) is 6.81. The third kappa shape index (κ3) is 4.68. The number of benzene rings is 2. The number of nitrogens with zero attached hydrogens (tertiary/aromatic N) is 3. The third-order valence-corrected chi connectivity index (χ3v) is 4.48. The van der Waals surface area contributed by atoms with E-state index in [4.69, 9.17) is 37.7 Å². The van der Waals surface area contributed by atoms with Crippen LogP contribution in [0.25, 0.3) is 11.5 Å². The minimum absolute atomic E-state index is 0.309. The molecule has 0 spiro atoms. The van der Waals surface area contributed by atoms with Gasteiger partial charge in [0, 0.05) is 17.1 Å². The minimum atomic E-state index is 0.309. The number of aromatic nitrogens is 2. The van der Waals surface area contributed by atoms with Gasteiger partial charge in [-0.3, -0.25) is 4.90 Å². The van der Waals surface area contributed by atoms with Gasteiger partial charge in [-0.2, -0.15) is 0 Å². The zero-order valence-corrected chi connectivity index (χ0v) is 16.9. The molecule has 3 aromatic rings. The van der Waals surface area contributed by atoms with Crippen molar-refractivity contribution < 1.29 is 13.9 Å². The predicted molar refractivity (Wildman–Crippen MR) is 107 cm³/mol. The molecule has 0 radical (unpaired) electrons. The summed E-state index contributed by atoms with van der Waals surface area (Å²) >= 11 is 11.3. The maximum atomic E-state index is 6.03. The number of ether oxygens (including phenoxy) is 2. The van der Waals surface area contributed by atoms with Gasteiger partial charge in [0.25, 0.3) is 4.84 Å². The first-order valence-corrected chi connectivity index (χ1v) is 9.02. The van der Waals surface area contributed by atoms with Crippen molar-refractivity contribution in [3.63, 3.8) is 0 Å². The molecule has 0 aliphatic heterocycles. The van der Waals surface area contributed by atoms with Gasteiger partial charge in [0.05, 0.1) is 20.9 Å². The summed E-state index contributed by atoms with van der Waals surface area (Å²) in [6, 6.07) is 13.2. The number of halogens is 1. The Morgan fingerprint density at radius 1 is 1.15 bits per heavy atom. The Morgan fingerprint density at radius 3 is 2.63 bits per heavy atom. The van der Waals surface area contributed by atoms with Crippen LogP contribution < -0.4 is 9.47 Å². The summed E-state index contributed by atoms with van der Waals surface area (Å²) in [4.78, 5) is 2.38. The molecule has 0 N–H and O–H groups in total. The zero-order chi connectivity index (χ0) is 19.4. The fraction of sp³-hybridized carbons (Fsp3) is 0.263. The van der Waals surface area contributed by atoms with Gasteiger partial charge >= 0.3 is 0 Å². The Balaban J connectivity index is 1.73. The van der Waals surface area contributed by atoms with Crippen LogP contribution in [-0.4, -0.2) is 35.9 Å². The zero-order valence-electron chi connectivity index (χ0n) is 15.3. The van der Waals surface area contributed by atoms with Crippen LogP contribution in [0.15, 0.2) is 46.9 Å². The van der Waals surface area contributed by atoms with Crippen molar-refractivity contribution in [2.75, 3.05) is 21.3 Å². The standard InChI is InChI=1S/C19H20ClN3O3S/c1-22(11-13-7-8-16(24-2)17(9-13)25-3)12-23-19(27)26-18(21-23)14-5-4-6-15(20)10-14/h4-10H,11-12H2,1-3H3. The van der Waals surface area contributed by atoms with Crippen LogP contribution in [0.5, 0.6) is 11.5 Å². The summed E-state index contributed by atoms with van der Waals surface area (Å²) in [6.45, 7) is 1.17. The molecule has 142 valence electrons. The van der Waals surface area contributed by atoms with Crippen molar-refractivity contribution in [2.45, 2.75) is 13.2 Å². The Labute approximate surface area is 167 Å². The largest absolute Gasteiger partial charge is 0.493 e. The van der Waals surface area contributed by atoms with Gasteiger partial charge in [0.2, 0.25) is 5.89 Å². The molecule has 0 saturated heterocycles. The van der Waals surface area contributed by atoms with E-state index in [0.29, 0.717) is 40.5 Å². The lowest BCUT2D eigenvalue weighted by Crippen LogP contribution is -2.22. The van der Waals surface area contributed by atoms with E-state index in [1.54, 1.807) is 31.0 Å². The molecule has 0 saturated carbocycles. The van der Waals surface area contributed by atoms with Crippen molar-refractivity contribution in [2.24, 2.45) is 0 Å². The Kier molecular flexibility index (Phi) is 6.15. The van der Waals surface area contributed by atoms with Gasteiger partial charge in [-0.25, -0.2) is 4.68 Å². The summed E-state index contributed by atoms with van der Waals surface area (Å²) in [6.07, 6.45) is 0. The monoisotopic (exact) mass is 405 g/mol. The second-order valence-electron chi connectivity index (χ2n) is 6.03. The molecule has 6 nitrogen and oxygen atoms in total. The van der Waals surface area contributed by atoms with Crippen molar-refractivity contribution in [1.29, 1.82) is 0 Å². The molecule has 2 aromatic carbocycles. The van der Waals surface area contributed by atoms with E-state index in [1.807, 2.05) is 37.4 Å². The van der Waals surface area contributed by atoms with Crippen LogP contribution in [0.4, 0.5) is 0 Å². The van der Waals surface area contributed by atoms with Crippen molar-refractivity contribution in [1.82, 2.24) is 14.7 Å². The van der Waals surface area contributed by atoms with Gasteiger partial charge in [-0.15, -0.1) is 5.10 Å². The normalized spacial score (nSPS) is 11.0. The van der Waals surface area contributed by atoms with Crippen molar-refractivity contribution >= 4 is 23.8 Å². The average molecular weight is 406 g/mol. The minimum Gasteiger partial charge on any atom is -0.493 e. The first-order valence-electron chi connectivity index (χ1n) is 8.23.